The van der Waals surface area contributed by atoms with Crippen molar-refractivity contribution in [1.29, 1.82) is 5.26 Å². The predicted octanol–water partition coefficient (Wildman–Crippen LogP) is 2.96. The highest BCUT2D eigenvalue weighted by atomic mass is 19.1. The Kier molecular flexibility index (Phi) is 3.67. The number of halogens is 1. The van der Waals surface area contributed by atoms with Gasteiger partial charge in [-0.2, -0.15) is 5.26 Å². The van der Waals surface area contributed by atoms with E-state index in [1.54, 1.807) is 13.0 Å². The molecule has 0 bridgehead atoms. The largest absolute Gasteiger partial charge is 0.508 e. The van der Waals surface area contributed by atoms with Gasteiger partial charge in [-0.15, -0.1) is 0 Å². The number of carbonyl (C=O) groups is 1. The first-order valence-corrected chi connectivity index (χ1v) is 5.82. The number of hydrogen-bond acceptors (Lipinski definition) is 3. The molecule has 0 aliphatic rings. The molecule has 0 fully saturated rings. The zero-order valence-corrected chi connectivity index (χ0v) is 10.6. The molecule has 2 N–H and O–H groups in total. The second-order valence-corrected chi connectivity index (χ2v) is 4.23. The number of phenols is 1. The van der Waals surface area contributed by atoms with Crippen LogP contribution in [0.4, 0.5) is 10.1 Å². The van der Waals surface area contributed by atoms with Crippen molar-refractivity contribution in [3.8, 4) is 11.8 Å². The molecule has 20 heavy (non-hydrogen) atoms. The Hall–Kier alpha value is -2.87. The maximum atomic E-state index is 13.4. The fraction of sp³-hybridized carbons (Fsp3) is 0.0667. The molecule has 0 aliphatic heterocycles. The van der Waals surface area contributed by atoms with Gasteiger partial charge in [-0.25, -0.2) is 4.39 Å². The minimum Gasteiger partial charge on any atom is -0.508 e. The van der Waals surface area contributed by atoms with E-state index in [9.17, 15) is 14.3 Å². The molecule has 0 spiro atoms. The highest BCUT2D eigenvalue weighted by Gasteiger charge is 2.13. The normalized spacial score (nSPS) is 9.85. The number of rotatable bonds is 2. The third-order valence-electron chi connectivity index (χ3n) is 2.83. The van der Waals surface area contributed by atoms with Gasteiger partial charge >= 0.3 is 0 Å². The summed E-state index contributed by atoms with van der Waals surface area (Å²) in [5.41, 5.74) is 0.829. The fourth-order valence-corrected chi connectivity index (χ4v) is 1.83. The van der Waals surface area contributed by atoms with Crippen LogP contribution >= 0.6 is 0 Å². The van der Waals surface area contributed by atoms with Crippen LogP contribution in [-0.2, 0) is 0 Å². The van der Waals surface area contributed by atoms with Gasteiger partial charge in [-0.3, -0.25) is 4.79 Å². The van der Waals surface area contributed by atoms with Crippen molar-refractivity contribution in [3.63, 3.8) is 0 Å². The van der Waals surface area contributed by atoms with Gasteiger partial charge in [-0.05, 0) is 42.8 Å². The van der Waals surface area contributed by atoms with E-state index >= 15 is 0 Å². The van der Waals surface area contributed by atoms with E-state index < -0.39 is 11.7 Å². The first-order valence-electron chi connectivity index (χ1n) is 5.82. The zero-order valence-electron chi connectivity index (χ0n) is 10.6. The van der Waals surface area contributed by atoms with Gasteiger partial charge in [0.25, 0.3) is 5.91 Å². The standard InChI is InChI=1S/C15H11FN2O2/c1-9-7-10(19)5-6-11(9)15(20)18-14-4-2-3-13(16)12(14)8-17/h2-7,19H,1H3,(H,18,20). The summed E-state index contributed by atoms with van der Waals surface area (Å²) >= 11 is 0. The van der Waals surface area contributed by atoms with E-state index in [0.29, 0.717) is 11.1 Å². The Morgan fingerprint density at radius 2 is 2.10 bits per heavy atom. The van der Waals surface area contributed by atoms with Crippen molar-refractivity contribution >= 4 is 11.6 Å². The average molecular weight is 270 g/mol. The quantitative estimate of drug-likeness (QED) is 0.881. The molecular formula is C15H11FN2O2. The number of carbonyl (C=O) groups excluding carboxylic acids is 1. The van der Waals surface area contributed by atoms with Gasteiger partial charge in [0.05, 0.1) is 5.69 Å². The first kappa shape index (κ1) is 13.6. The van der Waals surface area contributed by atoms with E-state index in [0.717, 1.165) is 6.07 Å². The topological polar surface area (TPSA) is 73.1 Å². The number of phenolic OH excluding ortho intramolecular Hbond substituents is 1. The van der Waals surface area contributed by atoms with Gasteiger partial charge in [-0.1, -0.05) is 6.07 Å². The summed E-state index contributed by atoms with van der Waals surface area (Å²) in [5, 5.41) is 20.7. The van der Waals surface area contributed by atoms with Gasteiger partial charge in [0.15, 0.2) is 0 Å². The highest BCUT2D eigenvalue weighted by molar-refractivity contribution is 6.06. The second-order valence-electron chi connectivity index (χ2n) is 4.23. The summed E-state index contributed by atoms with van der Waals surface area (Å²) in [5.74, 6) is -1.10. The summed E-state index contributed by atoms with van der Waals surface area (Å²) in [4.78, 5) is 12.1. The lowest BCUT2D eigenvalue weighted by atomic mass is 10.1. The molecule has 0 atom stereocenters. The molecule has 0 saturated carbocycles. The lowest BCUT2D eigenvalue weighted by Gasteiger charge is -2.09. The van der Waals surface area contributed by atoms with Gasteiger partial charge in [0.2, 0.25) is 0 Å². The first-order chi connectivity index (χ1) is 9.52. The molecule has 0 radical (unpaired) electrons. The van der Waals surface area contributed by atoms with E-state index in [1.165, 1.54) is 30.3 Å². The Labute approximate surface area is 115 Å². The highest BCUT2D eigenvalue weighted by Crippen LogP contribution is 2.21. The lowest BCUT2D eigenvalue weighted by molar-refractivity contribution is 0.102. The number of aryl methyl sites for hydroxylation is 1. The molecule has 4 nitrogen and oxygen atoms in total. The molecule has 0 saturated heterocycles. The third-order valence-corrected chi connectivity index (χ3v) is 2.83. The van der Waals surface area contributed by atoms with Gasteiger partial charge < -0.3 is 10.4 Å². The third kappa shape index (κ3) is 2.59. The van der Waals surface area contributed by atoms with Crippen molar-refractivity contribution in [2.75, 3.05) is 5.32 Å². The Morgan fingerprint density at radius 3 is 2.75 bits per heavy atom. The van der Waals surface area contributed by atoms with Crippen LogP contribution < -0.4 is 5.32 Å². The molecule has 0 aliphatic carbocycles. The van der Waals surface area contributed by atoms with E-state index in [-0.39, 0.29) is 17.0 Å². The molecule has 2 rings (SSSR count). The molecular weight excluding hydrogens is 259 g/mol. The molecule has 2 aromatic rings. The number of nitrogens with zero attached hydrogens (tertiary/aromatic N) is 1. The number of aromatic hydroxyl groups is 1. The van der Waals surface area contributed by atoms with Crippen molar-refractivity contribution < 1.29 is 14.3 Å². The smallest absolute Gasteiger partial charge is 0.255 e. The Bertz CT molecular complexity index is 720. The van der Waals surface area contributed by atoms with Crippen LogP contribution in [0.3, 0.4) is 0 Å². The Morgan fingerprint density at radius 1 is 1.35 bits per heavy atom. The van der Waals surface area contributed by atoms with Crippen LogP contribution in [0.15, 0.2) is 36.4 Å². The monoisotopic (exact) mass is 270 g/mol. The van der Waals surface area contributed by atoms with Crippen molar-refractivity contribution in [2.45, 2.75) is 6.92 Å². The van der Waals surface area contributed by atoms with Crippen LogP contribution in [-0.4, -0.2) is 11.0 Å². The molecule has 1 amide bonds. The predicted molar refractivity (Wildman–Crippen MR) is 71.9 cm³/mol. The summed E-state index contributed by atoms with van der Waals surface area (Å²) in [7, 11) is 0. The van der Waals surface area contributed by atoms with Crippen LogP contribution in [0.1, 0.15) is 21.5 Å². The minimum absolute atomic E-state index is 0.0579. The SMILES string of the molecule is Cc1cc(O)ccc1C(=O)Nc1cccc(F)c1C#N. The molecule has 0 aromatic heterocycles. The second kappa shape index (κ2) is 5.41. The molecule has 5 heteroatoms. The maximum absolute atomic E-state index is 13.4. The minimum atomic E-state index is -0.687. The van der Waals surface area contributed by atoms with Crippen molar-refractivity contribution in [1.82, 2.24) is 0 Å². The molecule has 100 valence electrons. The van der Waals surface area contributed by atoms with Crippen LogP contribution in [0.2, 0.25) is 0 Å². The number of nitriles is 1. The number of nitrogens with one attached hydrogen (secondary N) is 1. The summed E-state index contributed by atoms with van der Waals surface area (Å²) in [6, 6.07) is 10.0. The van der Waals surface area contributed by atoms with E-state index in [2.05, 4.69) is 5.32 Å². The fourth-order valence-electron chi connectivity index (χ4n) is 1.83. The number of benzene rings is 2. The molecule has 0 unspecified atom stereocenters. The van der Waals surface area contributed by atoms with E-state index in [1.807, 2.05) is 0 Å². The molecule has 2 aromatic carbocycles. The number of anilines is 1. The lowest BCUT2D eigenvalue weighted by Crippen LogP contribution is -2.14. The number of hydrogen-bond donors (Lipinski definition) is 2. The maximum Gasteiger partial charge on any atom is 0.255 e. The van der Waals surface area contributed by atoms with Crippen LogP contribution in [0.5, 0.6) is 5.75 Å². The summed E-state index contributed by atoms with van der Waals surface area (Å²) < 4.78 is 13.4. The summed E-state index contributed by atoms with van der Waals surface area (Å²) in [6.45, 7) is 1.67. The summed E-state index contributed by atoms with van der Waals surface area (Å²) in [6.07, 6.45) is 0. The van der Waals surface area contributed by atoms with Crippen LogP contribution in [0.25, 0.3) is 0 Å². The van der Waals surface area contributed by atoms with Crippen molar-refractivity contribution in [2.24, 2.45) is 0 Å². The molecule has 0 heterocycles. The Balaban J connectivity index is 2.33. The number of amides is 1. The average Bonchev–Trinajstić information content (AvgIpc) is 2.38. The van der Waals surface area contributed by atoms with Crippen molar-refractivity contribution in [3.05, 3.63) is 58.9 Å². The van der Waals surface area contributed by atoms with Crippen LogP contribution in [0, 0.1) is 24.1 Å². The van der Waals surface area contributed by atoms with E-state index in [4.69, 9.17) is 5.26 Å². The van der Waals surface area contributed by atoms with Gasteiger partial charge in [0.1, 0.15) is 23.2 Å². The zero-order chi connectivity index (χ0) is 14.7. The van der Waals surface area contributed by atoms with Gasteiger partial charge in [0, 0.05) is 5.56 Å².